The first-order valence-electron chi connectivity index (χ1n) is 7.72. The third-order valence-electron chi connectivity index (χ3n) is 4.03. The highest BCUT2D eigenvalue weighted by atomic mass is 79.9. The van der Waals surface area contributed by atoms with Gasteiger partial charge in [0.2, 0.25) is 0 Å². The van der Waals surface area contributed by atoms with Crippen LogP contribution in [0.4, 0.5) is 0 Å². The summed E-state index contributed by atoms with van der Waals surface area (Å²) in [5.74, 6) is 0.648. The summed E-state index contributed by atoms with van der Waals surface area (Å²) in [6.07, 6.45) is 2.95. The standard InChI is InChI=1S/C16H22BrClN2OS3/c1-14(2,3)24(21)20-15(4,13-11(18)8-12(17)23-13)10-22-16(9-19)6-5-7-16/h8,20H,5-7,10H2,1-4H3/t15-,24?/m0/s1. The van der Waals surface area contributed by atoms with Gasteiger partial charge in [-0.3, -0.25) is 0 Å². The van der Waals surface area contributed by atoms with Crippen LogP contribution in [0, 0.1) is 11.3 Å². The fraction of sp³-hybridized carbons (Fsp3) is 0.688. The van der Waals surface area contributed by atoms with E-state index < -0.39 is 16.9 Å². The Kier molecular flexibility index (Phi) is 6.68. The van der Waals surface area contributed by atoms with Gasteiger partial charge >= 0.3 is 0 Å². The van der Waals surface area contributed by atoms with Crippen LogP contribution in [0.2, 0.25) is 5.02 Å². The van der Waals surface area contributed by atoms with E-state index in [4.69, 9.17) is 11.6 Å². The molecule has 0 radical (unpaired) electrons. The number of halogens is 2. The van der Waals surface area contributed by atoms with E-state index in [1.165, 1.54) is 0 Å². The molecule has 1 fully saturated rings. The molecule has 1 N–H and O–H groups in total. The van der Waals surface area contributed by atoms with Gasteiger partial charge in [-0.05, 0) is 69.0 Å². The van der Waals surface area contributed by atoms with E-state index in [0.29, 0.717) is 10.8 Å². The Morgan fingerprint density at radius 1 is 1.50 bits per heavy atom. The zero-order chi connectivity index (χ0) is 18.2. The van der Waals surface area contributed by atoms with Crippen LogP contribution in [0.25, 0.3) is 0 Å². The summed E-state index contributed by atoms with van der Waals surface area (Å²) in [7, 11) is 0. The highest BCUT2D eigenvalue weighted by Crippen LogP contribution is 2.48. The van der Waals surface area contributed by atoms with Crippen molar-refractivity contribution in [3.05, 3.63) is 19.8 Å². The lowest BCUT2D eigenvalue weighted by Crippen LogP contribution is -2.51. The minimum atomic E-state index is -1.23. The molecule has 1 saturated carbocycles. The van der Waals surface area contributed by atoms with Crippen molar-refractivity contribution in [2.75, 3.05) is 5.75 Å². The molecule has 2 atom stereocenters. The Bertz CT molecular complexity index is 636. The molecular formula is C16H22BrClN2OS3. The van der Waals surface area contributed by atoms with Crippen molar-refractivity contribution in [2.24, 2.45) is 0 Å². The second-order valence-electron chi connectivity index (χ2n) is 7.29. The molecule has 0 amide bonds. The first-order valence-corrected chi connectivity index (χ1v) is 11.8. The van der Waals surface area contributed by atoms with Gasteiger partial charge in [0.1, 0.15) is 15.0 Å². The van der Waals surface area contributed by atoms with Crippen molar-refractivity contribution < 1.29 is 4.55 Å². The van der Waals surface area contributed by atoms with E-state index >= 15 is 0 Å². The maximum atomic E-state index is 12.7. The Morgan fingerprint density at radius 2 is 2.12 bits per heavy atom. The van der Waals surface area contributed by atoms with Crippen LogP contribution in [0.3, 0.4) is 0 Å². The summed E-state index contributed by atoms with van der Waals surface area (Å²) in [5.41, 5.74) is -0.560. The van der Waals surface area contributed by atoms with Crippen LogP contribution in [0.5, 0.6) is 0 Å². The lowest BCUT2D eigenvalue weighted by atomic mass is 9.86. The first kappa shape index (κ1) is 20.9. The number of nitrogens with one attached hydrogen (secondary N) is 1. The van der Waals surface area contributed by atoms with Crippen molar-refractivity contribution in [1.82, 2.24) is 4.72 Å². The zero-order valence-electron chi connectivity index (χ0n) is 14.2. The van der Waals surface area contributed by atoms with E-state index in [2.05, 4.69) is 26.7 Å². The number of hydrogen-bond donors (Lipinski definition) is 1. The lowest BCUT2D eigenvalue weighted by molar-refractivity contribution is 0.432. The molecule has 0 aromatic carbocycles. The van der Waals surface area contributed by atoms with Gasteiger partial charge in [-0.25, -0.2) is 0 Å². The van der Waals surface area contributed by atoms with Crippen LogP contribution in [-0.2, 0) is 16.9 Å². The summed E-state index contributed by atoms with van der Waals surface area (Å²) >= 11 is 11.9. The van der Waals surface area contributed by atoms with E-state index in [-0.39, 0.29) is 9.49 Å². The second-order valence-corrected chi connectivity index (χ2v) is 13.5. The van der Waals surface area contributed by atoms with Gasteiger partial charge in [0.15, 0.2) is 0 Å². The fourth-order valence-electron chi connectivity index (χ4n) is 2.28. The van der Waals surface area contributed by atoms with Crippen LogP contribution in [0.15, 0.2) is 9.85 Å². The number of nitrogens with zero attached hydrogens (tertiary/aromatic N) is 1. The van der Waals surface area contributed by atoms with Crippen molar-refractivity contribution in [1.29, 1.82) is 5.26 Å². The smallest absolute Gasteiger partial charge is 0.136 e. The highest BCUT2D eigenvalue weighted by molar-refractivity contribution is 9.11. The summed E-state index contributed by atoms with van der Waals surface area (Å²) in [6.45, 7) is 7.85. The Balaban J connectivity index is 2.27. The first-order chi connectivity index (χ1) is 11.0. The summed E-state index contributed by atoms with van der Waals surface area (Å²) in [6, 6.07) is 4.33. The second kappa shape index (κ2) is 7.67. The molecule has 1 aliphatic rings. The van der Waals surface area contributed by atoms with Crippen LogP contribution >= 0.6 is 50.6 Å². The average molecular weight is 470 g/mol. The quantitative estimate of drug-likeness (QED) is 0.550. The summed E-state index contributed by atoms with van der Waals surface area (Å²) in [4.78, 5) is 0.952. The number of thioether (sulfide) groups is 1. The van der Waals surface area contributed by atoms with Crippen molar-refractivity contribution in [2.45, 2.75) is 62.0 Å². The van der Waals surface area contributed by atoms with Gasteiger partial charge in [0.25, 0.3) is 0 Å². The molecule has 8 heteroatoms. The number of hydrogen-bond acceptors (Lipinski definition) is 5. The van der Waals surface area contributed by atoms with E-state index in [1.807, 2.05) is 33.8 Å². The maximum absolute atomic E-state index is 12.7. The van der Waals surface area contributed by atoms with Crippen molar-refractivity contribution in [3.8, 4) is 6.07 Å². The van der Waals surface area contributed by atoms with Gasteiger partial charge in [0, 0.05) is 22.0 Å². The fourth-order valence-corrected chi connectivity index (χ4v) is 7.07. The van der Waals surface area contributed by atoms with Crippen LogP contribution in [0.1, 0.15) is 51.8 Å². The van der Waals surface area contributed by atoms with E-state index in [0.717, 1.165) is 27.9 Å². The SMILES string of the molecule is CC(C)(C)[S+]([O-])N[C@@](C)(CSC1(C#N)CCC1)c1sc(Br)cc1Cl. The molecule has 0 aliphatic heterocycles. The molecule has 2 rings (SSSR count). The predicted octanol–water partition coefficient (Wildman–Crippen LogP) is 5.61. The van der Waals surface area contributed by atoms with Gasteiger partial charge < -0.3 is 4.55 Å². The molecule has 1 aromatic rings. The molecule has 0 bridgehead atoms. The van der Waals surface area contributed by atoms with Crippen LogP contribution < -0.4 is 4.72 Å². The predicted molar refractivity (Wildman–Crippen MR) is 110 cm³/mol. The largest absolute Gasteiger partial charge is 0.598 e. The number of nitriles is 1. The van der Waals surface area contributed by atoms with Crippen molar-refractivity contribution >= 4 is 62.0 Å². The van der Waals surface area contributed by atoms with E-state index in [1.54, 1.807) is 23.1 Å². The number of thiophene rings is 1. The van der Waals surface area contributed by atoms with Gasteiger partial charge in [0.05, 0.1) is 14.9 Å². The van der Waals surface area contributed by atoms with Gasteiger partial charge in [-0.1, -0.05) is 11.6 Å². The molecule has 1 aromatic heterocycles. The number of rotatable bonds is 6. The molecule has 1 aliphatic carbocycles. The summed E-state index contributed by atoms with van der Waals surface area (Å²) < 4.78 is 16.3. The van der Waals surface area contributed by atoms with Crippen LogP contribution in [-0.4, -0.2) is 19.8 Å². The van der Waals surface area contributed by atoms with Crippen molar-refractivity contribution in [3.63, 3.8) is 0 Å². The Labute approximate surface area is 169 Å². The molecule has 0 spiro atoms. The molecule has 134 valence electrons. The molecule has 1 unspecified atom stereocenters. The maximum Gasteiger partial charge on any atom is 0.136 e. The highest BCUT2D eigenvalue weighted by Gasteiger charge is 2.44. The van der Waals surface area contributed by atoms with Gasteiger partial charge in [-0.15, -0.1) is 27.8 Å². The lowest BCUT2D eigenvalue weighted by Gasteiger charge is -2.39. The third kappa shape index (κ3) is 4.64. The molecule has 24 heavy (non-hydrogen) atoms. The molecule has 1 heterocycles. The molecule has 3 nitrogen and oxygen atoms in total. The Hall–Kier alpha value is 0.580. The molecule has 0 saturated heterocycles. The molecular weight excluding hydrogens is 448 g/mol. The third-order valence-corrected chi connectivity index (χ3v) is 9.87. The summed E-state index contributed by atoms with van der Waals surface area (Å²) in [5, 5.41) is 10.2. The Morgan fingerprint density at radius 3 is 2.50 bits per heavy atom. The monoisotopic (exact) mass is 468 g/mol. The minimum absolute atomic E-state index is 0.298. The average Bonchev–Trinajstić information content (AvgIpc) is 2.76. The van der Waals surface area contributed by atoms with E-state index in [9.17, 15) is 9.81 Å². The topological polar surface area (TPSA) is 58.9 Å². The minimum Gasteiger partial charge on any atom is -0.598 e. The normalized spacial score (nSPS) is 20.8. The van der Waals surface area contributed by atoms with Gasteiger partial charge in [-0.2, -0.15) is 5.26 Å². The zero-order valence-corrected chi connectivity index (χ0v) is 19.0.